The van der Waals surface area contributed by atoms with Gasteiger partial charge in [-0.2, -0.15) is 5.10 Å². The Morgan fingerprint density at radius 2 is 1.83 bits per heavy atom. The molecule has 3 rings (SSSR count). The second kappa shape index (κ2) is 9.09. The molecule has 0 radical (unpaired) electrons. The van der Waals surface area contributed by atoms with Crippen LogP contribution in [0.15, 0.2) is 60.7 Å². The predicted molar refractivity (Wildman–Crippen MR) is 123 cm³/mol. The Balaban J connectivity index is 1.59. The monoisotopic (exact) mass is 422 g/mol. The van der Waals surface area contributed by atoms with Gasteiger partial charge in [0.1, 0.15) is 18.1 Å². The lowest BCUT2D eigenvalue weighted by Gasteiger charge is -2.13. The third kappa shape index (κ3) is 5.67. The van der Waals surface area contributed by atoms with Crippen molar-refractivity contribution in [3.05, 3.63) is 77.6 Å². The smallest absolute Gasteiger partial charge is 0.275 e. The Labute approximate surface area is 182 Å². The minimum atomic E-state index is -0.311. The van der Waals surface area contributed by atoms with Crippen LogP contribution in [0.5, 0.6) is 5.75 Å². The van der Waals surface area contributed by atoms with Crippen molar-refractivity contribution in [1.82, 2.24) is 15.1 Å². The van der Waals surface area contributed by atoms with Gasteiger partial charge in [-0.15, -0.1) is 0 Å². The molecule has 30 heavy (non-hydrogen) atoms. The first-order chi connectivity index (χ1) is 14.2. The highest BCUT2D eigenvalue weighted by Crippen LogP contribution is 2.21. The molecule has 0 saturated carbocycles. The number of benzene rings is 2. The second-order valence-corrected chi connectivity index (χ2v) is 8.41. The number of anilines is 1. The summed E-state index contributed by atoms with van der Waals surface area (Å²) in [5.41, 5.74) is 2.96. The Morgan fingerprint density at radius 1 is 1.10 bits per heavy atom. The largest absolute Gasteiger partial charge is 0.489 e. The van der Waals surface area contributed by atoms with Crippen LogP contribution in [0, 0.1) is 0 Å². The van der Waals surface area contributed by atoms with Crippen molar-refractivity contribution in [2.45, 2.75) is 32.8 Å². The van der Waals surface area contributed by atoms with Gasteiger partial charge in [0, 0.05) is 24.2 Å². The van der Waals surface area contributed by atoms with Gasteiger partial charge in [0.2, 0.25) is 0 Å². The van der Waals surface area contributed by atoms with E-state index in [0.717, 1.165) is 16.9 Å². The fourth-order valence-corrected chi connectivity index (χ4v) is 2.99. The third-order valence-electron chi connectivity index (χ3n) is 4.45. The third-order valence-corrected chi connectivity index (χ3v) is 4.65. The predicted octanol–water partition coefficient (Wildman–Crippen LogP) is 4.42. The normalized spacial score (nSPS) is 11.1. The Bertz CT molecular complexity index is 1040. The number of carbonyl (C=O) groups is 1. The van der Waals surface area contributed by atoms with E-state index in [-0.39, 0.29) is 16.4 Å². The molecule has 0 atom stereocenters. The molecule has 6 nitrogen and oxygen atoms in total. The highest BCUT2D eigenvalue weighted by molar-refractivity contribution is 7.80. The lowest BCUT2D eigenvalue weighted by atomic mass is 9.92. The quantitative estimate of drug-likeness (QED) is 0.596. The van der Waals surface area contributed by atoms with Gasteiger partial charge in [0.15, 0.2) is 5.11 Å². The number of ether oxygens (including phenoxy) is 1. The van der Waals surface area contributed by atoms with Crippen LogP contribution in [-0.2, 0) is 19.1 Å². The molecule has 0 saturated heterocycles. The van der Waals surface area contributed by atoms with Crippen LogP contribution in [0.1, 0.15) is 42.5 Å². The van der Waals surface area contributed by atoms with Crippen molar-refractivity contribution >= 4 is 28.9 Å². The topological polar surface area (TPSA) is 68.2 Å². The molecular weight excluding hydrogens is 396 g/mol. The molecule has 0 unspecified atom stereocenters. The Hall–Kier alpha value is -3.19. The molecule has 0 spiro atoms. The van der Waals surface area contributed by atoms with Crippen molar-refractivity contribution in [1.29, 1.82) is 0 Å². The van der Waals surface area contributed by atoms with Crippen molar-refractivity contribution in [3.8, 4) is 5.75 Å². The molecule has 0 aliphatic rings. The Kier molecular flexibility index (Phi) is 6.52. The van der Waals surface area contributed by atoms with Gasteiger partial charge < -0.3 is 10.1 Å². The van der Waals surface area contributed by atoms with E-state index < -0.39 is 0 Å². The zero-order valence-corrected chi connectivity index (χ0v) is 18.4. The number of amides is 1. The summed E-state index contributed by atoms with van der Waals surface area (Å²) in [7, 11) is 1.74. The van der Waals surface area contributed by atoms with Gasteiger partial charge in [-0.1, -0.05) is 57.2 Å². The van der Waals surface area contributed by atoms with Crippen LogP contribution in [0.2, 0.25) is 0 Å². The molecule has 1 aromatic heterocycles. The molecule has 0 aliphatic heterocycles. The van der Waals surface area contributed by atoms with E-state index >= 15 is 0 Å². The maximum Gasteiger partial charge on any atom is 0.275 e. The fraction of sp³-hybridized carbons (Fsp3) is 0.261. The molecule has 2 aromatic carbocycles. The van der Waals surface area contributed by atoms with E-state index in [9.17, 15) is 4.79 Å². The minimum absolute atomic E-state index is 0.144. The summed E-state index contributed by atoms with van der Waals surface area (Å²) in [6, 6.07) is 19.2. The van der Waals surface area contributed by atoms with Gasteiger partial charge in [-0.05, 0) is 36.0 Å². The molecule has 2 N–H and O–H groups in total. The summed E-state index contributed by atoms with van der Waals surface area (Å²) >= 11 is 5.31. The SMILES string of the molecule is Cn1nc(C(C)(C)C)cc1C(=O)NC(=S)Nc1cccc(OCc2ccccc2)c1. The highest BCUT2D eigenvalue weighted by Gasteiger charge is 2.22. The summed E-state index contributed by atoms with van der Waals surface area (Å²) in [4.78, 5) is 12.6. The van der Waals surface area contributed by atoms with E-state index in [1.165, 1.54) is 0 Å². The number of hydrogen-bond donors (Lipinski definition) is 2. The van der Waals surface area contributed by atoms with Crippen molar-refractivity contribution in [2.75, 3.05) is 5.32 Å². The van der Waals surface area contributed by atoms with E-state index in [1.807, 2.05) is 54.6 Å². The summed E-state index contributed by atoms with van der Waals surface area (Å²) < 4.78 is 7.40. The summed E-state index contributed by atoms with van der Waals surface area (Å²) in [6.07, 6.45) is 0. The minimum Gasteiger partial charge on any atom is -0.489 e. The zero-order valence-electron chi connectivity index (χ0n) is 17.6. The lowest BCUT2D eigenvalue weighted by Crippen LogP contribution is -2.35. The molecule has 156 valence electrons. The van der Waals surface area contributed by atoms with Crippen LogP contribution < -0.4 is 15.4 Å². The number of hydrogen-bond acceptors (Lipinski definition) is 4. The van der Waals surface area contributed by atoms with Crippen molar-refractivity contribution in [2.24, 2.45) is 7.05 Å². The van der Waals surface area contributed by atoms with Crippen LogP contribution in [-0.4, -0.2) is 20.8 Å². The number of nitrogens with zero attached hydrogens (tertiary/aromatic N) is 2. The molecule has 0 fully saturated rings. The molecule has 7 heteroatoms. The Morgan fingerprint density at radius 3 is 2.50 bits per heavy atom. The summed E-state index contributed by atoms with van der Waals surface area (Å²) in [6.45, 7) is 6.63. The van der Waals surface area contributed by atoms with Crippen LogP contribution in [0.25, 0.3) is 0 Å². The zero-order chi connectivity index (χ0) is 21.7. The van der Waals surface area contributed by atoms with Gasteiger partial charge in [0.05, 0.1) is 5.69 Å². The molecular formula is C23H26N4O2S. The second-order valence-electron chi connectivity index (χ2n) is 8.00. The number of nitrogens with one attached hydrogen (secondary N) is 2. The fourth-order valence-electron chi connectivity index (χ4n) is 2.78. The first kappa shape index (κ1) is 21.5. The van der Waals surface area contributed by atoms with Gasteiger partial charge >= 0.3 is 0 Å². The van der Waals surface area contributed by atoms with E-state index in [4.69, 9.17) is 17.0 Å². The first-order valence-electron chi connectivity index (χ1n) is 9.66. The first-order valence-corrected chi connectivity index (χ1v) is 10.1. The molecule has 3 aromatic rings. The van der Waals surface area contributed by atoms with Crippen molar-refractivity contribution < 1.29 is 9.53 Å². The molecule has 1 heterocycles. The number of aromatic nitrogens is 2. The van der Waals surface area contributed by atoms with E-state index in [1.54, 1.807) is 17.8 Å². The van der Waals surface area contributed by atoms with Gasteiger partial charge in [-0.3, -0.25) is 14.8 Å². The summed E-state index contributed by atoms with van der Waals surface area (Å²) in [5.74, 6) is 0.397. The van der Waals surface area contributed by atoms with Crippen molar-refractivity contribution in [3.63, 3.8) is 0 Å². The average Bonchev–Trinajstić information content (AvgIpc) is 3.10. The number of rotatable bonds is 5. The maximum absolute atomic E-state index is 12.6. The van der Waals surface area contributed by atoms with Crippen LogP contribution in [0.3, 0.4) is 0 Å². The number of aryl methyl sites for hydroxylation is 1. The standard InChI is InChI=1S/C23H26N4O2S/c1-23(2,3)20-14-19(27(4)26-20)21(28)25-22(30)24-17-11-8-12-18(13-17)29-15-16-9-6-5-7-10-16/h5-14H,15H2,1-4H3,(H2,24,25,28,30). The van der Waals surface area contributed by atoms with E-state index in [2.05, 4.69) is 36.5 Å². The maximum atomic E-state index is 12.6. The number of thiocarbonyl (C=S) groups is 1. The number of carbonyl (C=O) groups excluding carboxylic acids is 1. The highest BCUT2D eigenvalue weighted by atomic mass is 32.1. The van der Waals surface area contributed by atoms with Crippen LogP contribution >= 0.6 is 12.2 Å². The average molecular weight is 423 g/mol. The van der Waals surface area contributed by atoms with Gasteiger partial charge in [-0.25, -0.2) is 0 Å². The molecule has 0 aliphatic carbocycles. The van der Waals surface area contributed by atoms with Crippen LogP contribution in [0.4, 0.5) is 5.69 Å². The molecule has 1 amide bonds. The molecule has 0 bridgehead atoms. The summed E-state index contributed by atoms with van der Waals surface area (Å²) in [5, 5.41) is 10.4. The lowest BCUT2D eigenvalue weighted by molar-refractivity contribution is 0.0968. The van der Waals surface area contributed by atoms with Gasteiger partial charge in [0.25, 0.3) is 5.91 Å². The van der Waals surface area contributed by atoms with E-state index in [0.29, 0.717) is 18.1 Å².